The highest BCUT2D eigenvalue weighted by Gasteiger charge is 2.25. The van der Waals surface area contributed by atoms with Crippen molar-refractivity contribution >= 4 is 39.1 Å². The van der Waals surface area contributed by atoms with E-state index >= 15 is 0 Å². The Morgan fingerprint density at radius 2 is 1.59 bits per heavy atom. The molecule has 0 spiro atoms. The molecular formula is C19H21Cl2FN2O4S. The molecule has 0 aliphatic carbocycles. The van der Waals surface area contributed by atoms with E-state index in [9.17, 15) is 22.7 Å². The molecule has 6 nitrogen and oxygen atoms in total. The Morgan fingerprint density at radius 3 is 2.03 bits per heavy atom. The van der Waals surface area contributed by atoms with Crippen molar-refractivity contribution in [2.75, 3.05) is 12.9 Å². The average Bonchev–Trinajstić information content (AvgIpc) is 2.69. The number of amides is 1. The highest BCUT2D eigenvalue weighted by molar-refractivity contribution is 7.88. The number of aliphatic hydroxyl groups excluding tert-OH is 1. The van der Waals surface area contributed by atoms with Crippen LogP contribution >= 0.6 is 23.2 Å². The molecule has 0 aromatic heterocycles. The van der Waals surface area contributed by atoms with Crippen molar-refractivity contribution < 1.29 is 22.7 Å². The van der Waals surface area contributed by atoms with Gasteiger partial charge in [0.25, 0.3) is 5.91 Å². The number of rotatable bonds is 9. The van der Waals surface area contributed by atoms with Gasteiger partial charge >= 0.3 is 0 Å². The Labute approximate surface area is 179 Å². The van der Waals surface area contributed by atoms with Crippen molar-refractivity contribution in [2.24, 2.45) is 0 Å². The third-order valence-electron chi connectivity index (χ3n) is 4.15. The van der Waals surface area contributed by atoms with E-state index in [4.69, 9.17) is 23.2 Å². The molecule has 3 N–H and O–H groups in total. The van der Waals surface area contributed by atoms with Crippen LogP contribution in [0.1, 0.15) is 17.2 Å². The lowest BCUT2D eigenvalue weighted by molar-refractivity contribution is -0.121. The van der Waals surface area contributed by atoms with Crippen LogP contribution in [0.2, 0.25) is 0 Å². The Bertz CT molecular complexity index is 922. The Hall–Kier alpha value is -1.71. The number of alkyl halides is 3. The minimum Gasteiger partial charge on any atom is -0.386 e. The highest BCUT2D eigenvalue weighted by Crippen LogP contribution is 2.24. The van der Waals surface area contributed by atoms with E-state index in [1.807, 2.05) is 12.1 Å². The lowest BCUT2D eigenvalue weighted by atomic mass is 9.98. The van der Waals surface area contributed by atoms with Gasteiger partial charge in [-0.15, -0.1) is 0 Å². The molecule has 0 bridgehead atoms. The predicted octanol–water partition coefficient (Wildman–Crippen LogP) is 2.69. The topological polar surface area (TPSA) is 95.5 Å². The minimum absolute atomic E-state index is 0.200. The molecule has 0 aliphatic heterocycles. The lowest BCUT2D eigenvalue weighted by Crippen LogP contribution is -2.43. The van der Waals surface area contributed by atoms with Crippen molar-refractivity contribution in [1.82, 2.24) is 10.0 Å². The lowest BCUT2D eigenvalue weighted by Gasteiger charge is -2.22. The smallest absolute Gasteiger partial charge is 0.253 e. The number of sulfonamides is 1. The van der Waals surface area contributed by atoms with Crippen LogP contribution in [0.25, 0.3) is 11.1 Å². The molecule has 29 heavy (non-hydrogen) atoms. The summed E-state index contributed by atoms with van der Waals surface area (Å²) in [6.07, 6.45) is -0.172. The van der Waals surface area contributed by atoms with Gasteiger partial charge in [-0.1, -0.05) is 71.7 Å². The first kappa shape index (κ1) is 23.6. The number of aliphatic hydroxyl groups is 1. The van der Waals surface area contributed by atoms with Gasteiger partial charge in [0.15, 0.2) is 4.84 Å². The molecule has 0 radical (unpaired) electrons. The molecule has 0 unspecified atom stereocenters. The molecule has 0 heterocycles. The summed E-state index contributed by atoms with van der Waals surface area (Å²) < 4.78 is 38.0. The van der Waals surface area contributed by atoms with Crippen LogP contribution in [0, 0.1) is 0 Å². The predicted molar refractivity (Wildman–Crippen MR) is 112 cm³/mol. The van der Waals surface area contributed by atoms with Gasteiger partial charge < -0.3 is 10.4 Å². The van der Waals surface area contributed by atoms with Crippen molar-refractivity contribution in [3.8, 4) is 11.1 Å². The van der Waals surface area contributed by atoms with Crippen LogP contribution < -0.4 is 10.0 Å². The SMILES string of the molecule is CS(=O)(=O)NCc1ccc(-c2ccc([C@@H](O)[C@@H](CF)NC(=O)C(Cl)Cl)cc2)cc1. The Balaban J connectivity index is 2.08. The second kappa shape index (κ2) is 10.4. The first-order valence-corrected chi connectivity index (χ1v) is 11.3. The zero-order valence-corrected chi connectivity index (χ0v) is 17.8. The van der Waals surface area contributed by atoms with Crippen LogP contribution in [-0.2, 0) is 21.4 Å². The summed E-state index contributed by atoms with van der Waals surface area (Å²) in [5, 5.41) is 12.6. The van der Waals surface area contributed by atoms with E-state index < -0.39 is 39.6 Å². The van der Waals surface area contributed by atoms with Gasteiger partial charge in [0, 0.05) is 6.54 Å². The number of carbonyl (C=O) groups excluding carboxylic acids is 1. The van der Waals surface area contributed by atoms with Crippen LogP contribution in [-0.4, -0.2) is 43.2 Å². The fourth-order valence-corrected chi connectivity index (χ4v) is 3.14. The van der Waals surface area contributed by atoms with Crippen LogP contribution in [0.15, 0.2) is 48.5 Å². The largest absolute Gasteiger partial charge is 0.386 e. The Kier molecular flexibility index (Phi) is 8.42. The first-order valence-electron chi connectivity index (χ1n) is 8.57. The summed E-state index contributed by atoms with van der Waals surface area (Å²) in [5.74, 6) is -0.780. The van der Waals surface area contributed by atoms with Crippen molar-refractivity contribution in [3.05, 3.63) is 59.7 Å². The number of halogens is 3. The van der Waals surface area contributed by atoms with Gasteiger partial charge in [0.05, 0.1) is 12.3 Å². The van der Waals surface area contributed by atoms with Gasteiger partial charge in [-0.05, 0) is 22.3 Å². The third kappa shape index (κ3) is 7.24. The maximum Gasteiger partial charge on any atom is 0.253 e. The van der Waals surface area contributed by atoms with Gasteiger partial charge in [0.1, 0.15) is 12.8 Å². The van der Waals surface area contributed by atoms with E-state index in [1.165, 1.54) is 0 Å². The summed E-state index contributed by atoms with van der Waals surface area (Å²) in [7, 11) is -3.26. The maximum atomic E-state index is 13.2. The molecule has 2 aromatic rings. The molecule has 0 aliphatic rings. The minimum atomic E-state index is -3.26. The second-order valence-electron chi connectivity index (χ2n) is 6.43. The Morgan fingerprint density at radius 1 is 1.07 bits per heavy atom. The number of nitrogens with one attached hydrogen (secondary N) is 2. The number of benzene rings is 2. The average molecular weight is 463 g/mol. The quantitative estimate of drug-likeness (QED) is 0.499. The van der Waals surface area contributed by atoms with Gasteiger partial charge in [-0.2, -0.15) is 0 Å². The molecule has 2 atom stereocenters. The number of carbonyl (C=O) groups is 1. The zero-order valence-electron chi connectivity index (χ0n) is 15.5. The molecule has 0 saturated carbocycles. The summed E-state index contributed by atoms with van der Waals surface area (Å²) in [6, 6.07) is 12.9. The molecule has 0 fully saturated rings. The summed E-state index contributed by atoms with van der Waals surface area (Å²) in [4.78, 5) is 10.2. The fourth-order valence-electron chi connectivity index (χ4n) is 2.58. The monoisotopic (exact) mass is 462 g/mol. The fraction of sp³-hybridized carbons (Fsp3) is 0.316. The van der Waals surface area contributed by atoms with Gasteiger partial charge in [-0.3, -0.25) is 4.79 Å². The van der Waals surface area contributed by atoms with Gasteiger partial charge in [-0.25, -0.2) is 17.5 Å². The molecule has 1 amide bonds. The third-order valence-corrected chi connectivity index (χ3v) is 5.22. The van der Waals surface area contributed by atoms with E-state index in [1.54, 1.807) is 36.4 Å². The second-order valence-corrected chi connectivity index (χ2v) is 9.36. The maximum absolute atomic E-state index is 13.2. The van der Waals surface area contributed by atoms with Gasteiger partial charge in [0.2, 0.25) is 10.0 Å². The molecule has 10 heteroatoms. The summed E-state index contributed by atoms with van der Waals surface area (Å²) >= 11 is 10.9. The van der Waals surface area contributed by atoms with E-state index in [2.05, 4.69) is 10.0 Å². The number of hydrogen-bond donors (Lipinski definition) is 3. The molecule has 2 rings (SSSR count). The standard InChI is InChI=1S/C19H21Cl2FN2O4S/c1-29(27,28)23-11-12-2-4-13(5-3-12)14-6-8-15(9-7-14)17(25)16(10-22)24-19(26)18(20)21/h2-9,16-18,23,25H,10-11H2,1H3,(H,24,26)/t16-,17-/m1/s1. The summed E-state index contributed by atoms with van der Waals surface area (Å²) in [5.41, 5.74) is 2.97. The van der Waals surface area contributed by atoms with Crippen LogP contribution in [0.4, 0.5) is 4.39 Å². The number of hydrogen-bond acceptors (Lipinski definition) is 4. The van der Waals surface area contributed by atoms with Crippen molar-refractivity contribution in [1.29, 1.82) is 0 Å². The molecule has 158 valence electrons. The van der Waals surface area contributed by atoms with E-state index in [0.717, 1.165) is 22.9 Å². The van der Waals surface area contributed by atoms with Crippen molar-refractivity contribution in [2.45, 2.75) is 23.5 Å². The highest BCUT2D eigenvalue weighted by atomic mass is 35.5. The van der Waals surface area contributed by atoms with E-state index in [0.29, 0.717) is 5.56 Å². The molecular weight excluding hydrogens is 442 g/mol. The zero-order chi connectivity index (χ0) is 21.6. The molecule has 2 aromatic carbocycles. The van der Waals surface area contributed by atoms with E-state index in [-0.39, 0.29) is 6.54 Å². The summed E-state index contributed by atoms with van der Waals surface area (Å²) in [6.45, 7) is -0.788. The first-order chi connectivity index (χ1) is 13.6. The normalized spacial score (nSPS) is 13.9. The van der Waals surface area contributed by atoms with Crippen LogP contribution in [0.3, 0.4) is 0 Å². The molecule has 0 saturated heterocycles. The van der Waals surface area contributed by atoms with Crippen molar-refractivity contribution in [3.63, 3.8) is 0 Å². The van der Waals surface area contributed by atoms with Crippen LogP contribution in [0.5, 0.6) is 0 Å².